The van der Waals surface area contributed by atoms with Crippen molar-refractivity contribution < 1.29 is 0 Å². The Bertz CT molecular complexity index is 5710. The molecule has 0 fully saturated rings. The number of hydrogen-bond donors (Lipinski definition) is 0. The maximum atomic E-state index is 5.88. The zero-order chi connectivity index (χ0) is 55.1. The van der Waals surface area contributed by atoms with Gasteiger partial charge in [-0.3, -0.25) is 4.57 Å². The fourth-order valence-corrected chi connectivity index (χ4v) is 17.4. The Hall–Kier alpha value is -10.1. The van der Waals surface area contributed by atoms with Gasteiger partial charge in [0.1, 0.15) is 5.84 Å². The van der Waals surface area contributed by atoms with Gasteiger partial charge in [-0.25, -0.2) is 4.99 Å². The predicted molar refractivity (Wildman–Crippen MR) is 360 cm³/mol. The van der Waals surface area contributed by atoms with Crippen LogP contribution in [-0.2, 0) is 5.41 Å². The molecule has 3 aliphatic carbocycles. The molecule has 394 valence electrons. The van der Waals surface area contributed by atoms with E-state index < -0.39 is 0 Å². The van der Waals surface area contributed by atoms with Crippen molar-refractivity contribution in [1.82, 2.24) is 18.3 Å². The van der Waals surface area contributed by atoms with E-state index in [9.17, 15) is 0 Å². The number of rotatable bonds is 6. The fraction of sp³-hybridized carbons (Fsp3) is 0.0519. The molecule has 1 spiro atoms. The predicted octanol–water partition coefficient (Wildman–Crippen LogP) is 20.9. The molecule has 1 atom stereocenters. The van der Waals surface area contributed by atoms with Crippen molar-refractivity contribution >= 4 is 160 Å². The van der Waals surface area contributed by atoms with Crippen LogP contribution in [0.3, 0.4) is 0 Å². The van der Waals surface area contributed by atoms with E-state index in [4.69, 9.17) is 11.6 Å². The van der Waals surface area contributed by atoms with Gasteiger partial charge in [-0.1, -0.05) is 152 Å². The first-order chi connectivity index (χ1) is 41.5. The summed E-state index contributed by atoms with van der Waals surface area (Å²) in [6.07, 6.45) is 22.9. The topological polar surface area (TPSA) is 32.1 Å². The molecule has 7 heteroatoms. The Balaban J connectivity index is 0.858. The lowest BCUT2D eigenvalue weighted by Gasteiger charge is -2.36. The van der Waals surface area contributed by atoms with Crippen LogP contribution in [0.5, 0.6) is 0 Å². The zero-order valence-electron chi connectivity index (χ0n) is 45.8. The maximum absolute atomic E-state index is 5.88. The van der Waals surface area contributed by atoms with Crippen LogP contribution in [0.25, 0.3) is 148 Å². The highest BCUT2D eigenvalue weighted by molar-refractivity contribution is 7.25. The molecule has 0 radical (unpaired) electrons. The molecule has 1 unspecified atom stereocenters. The number of thiophene rings is 2. The maximum Gasteiger partial charge on any atom is 0.111 e. The van der Waals surface area contributed by atoms with E-state index >= 15 is 0 Å². The van der Waals surface area contributed by atoms with Crippen molar-refractivity contribution in [3.05, 3.63) is 269 Å². The van der Waals surface area contributed by atoms with Crippen molar-refractivity contribution in [1.29, 1.82) is 0 Å². The van der Waals surface area contributed by atoms with E-state index in [1.165, 1.54) is 129 Å². The molecule has 5 nitrogen and oxygen atoms in total. The third-order valence-electron chi connectivity index (χ3n) is 18.6. The minimum absolute atomic E-state index is 0.382. The number of fused-ring (bicyclic) bond motifs is 17. The average Bonchev–Trinajstić information content (AvgIpc) is 1.70. The number of hydrogen-bond acceptors (Lipinski definition) is 3. The van der Waals surface area contributed by atoms with Gasteiger partial charge < -0.3 is 13.7 Å². The summed E-state index contributed by atoms with van der Waals surface area (Å²) in [4.78, 5) is 7.17. The summed E-state index contributed by atoms with van der Waals surface area (Å²) < 4.78 is 14.0. The van der Waals surface area contributed by atoms with E-state index in [1.807, 2.05) is 22.7 Å². The summed E-state index contributed by atoms with van der Waals surface area (Å²) >= 11 is 3.70. The van der Waals surface area contributed by atoms with Crippen LogP contribution < -0.4 is 0 Å². The molecule has 84 heavy (non-hydrogen) atoms. The highest BCUT2D eigenvalue weighted by Crippen LogP contribution is 2.60. The van der Waals surface area contributed by atoms with Gasteiger partial charge in [-0.2, -0.15) is 0 Å². The molecule has 0 saturated carbocycles. The van der Waals surface area contributed by atoms with Crippen LogP contribution >= 0.6 is 22.7 Å². The number of aliphatic imine (C=N–C) groups is 1. The van der Waals surface area contributed by atoms with Crippen LogP contribution in [0.4, 0.5) is 0 Å². The quantitative estimate of drug-likeness (QED) is 0.0903. The van der Waals surface area contributed by atoms with Gasteiger partial charge in [-0.15, -0.1) is 22.7 Å². The Morgan fingerprint density at radius 3 is 2.07 bits per heavy atom. The largest absolute Gasteiger partial charge is 0.309 e. The number of para-hydroxylation sites is 3. The van der Waals surface area contributed by atoms with Gasteiger partial charge in [0, 0.05) is 101 Å². The van der Waals surface area contributed by atoms with Gasteiger partial charge in [0.05, 0.1) is 61.3 Å². The molecule has 6 aromatic heterocycles. The molecule has 15 aromatic rings. The van der Waals surface area contributed by atoms with E-state index in [-0.39, 0.29) is 5.41 Å². The van der Waals surface area contributed by atoms with Crippen molar-refractivity contribution in [2.75, 3.05) is 0 Å². The minimum atomic E-state index is -0.382. The van der Waals surface area contributed by atoms with E-state index in [1.54, 1.807) is 0 Å². The summed E-state index contributed by atoms with van der Waals surface area (Å²) in [6, 6.07) is 69.7. The summed E-state index contributed by atoms with van der Waals surface area (Å²) in [5, 5.41) is 11.2. The molecule has 0 bridgehead atoms. The van der Waals surface area contributed by atoms with Crippen molar-refractivity contribution in [2.45, 2.75) is 25.2 Å². The van der Waals surface area contributed by atoms with Crippen LogP contribution in [0.1, 0.15) is 63.8 Å². The van der Waals surface area contributed by atoms with Gasteiger partial charge >= 0.3 is 0 Å². The molecule has 19 rings (SSSR count). The lowest BCUT2D eigenvalue weighted by molar-refractivity contribution is 0.619. The molecule has 4 aliphatic rings. The number of benzene rings is 9. The summed E-state index contributed by atoms with van der Waals surface area (Å²) in [5.41, 5.74) is 20.7. The summed E-state index contributed by atoms with van der Waals surface area (Å²) in [5.74, 6) is 0.880. The van der Waals surface area contributed by atoms with Gasteiger partial charge in [0.25, 0.3) is 0 Å². The van der Waals surface area contributed by atoms with Crippen molar-refractivity contribution in [2.24, 2.45) is 4.99 Å². The summed E-state index contributed by atoms with van der Waals surface area (Å²) in [7, 11) is 0. The zero-order valence-corrected chi connectivity index (χ0v) is 47.4. The van der Waals surface area contributed by atoms with E-state index in [2.05, 4.69) is 268 Å². The SMILES string of the molecule is C=C(/C=C(\N=C(C)n1c2ccccc2c2ccc3c4c5n(c3c21)-c1cccc2c1c1c(n2-c2cccc3c2c2ccccc2n3-c2ccccc2)C=CCC15C=C4)c1ccc2sc3c(c2c1)C=CCC=C3)c1ccc2sc3ccccc3c2c1. The monoisotopic (exact) mass is 1110 g/mol. The molecule has 7 heterocycles. The van der Waals surface area contributed by atoms with E-state index in [0.717, 1.165) is 57.8 Å². The standard InChI is InChI=1S/C77H49N5S2/c1-45(47-33-37-69-57(43-47)52-22-11-14-32-68(52)84-69)42-59(48-34-38-70-58(44-48)51-21-7-4-8-31-67(51)83-70)78-46(2)79-60-24-12-9-20-50(60)53-35-36-54-55-39-41-77-40-17-30-66-73(77)72-64(28-16-29-65(72)82(76(55)77)75(54)74(53)79)81(66)63-27-15-26-62-71(63)56-23-10-13-25-61(56)80(62)49-18-5-3-6-19-49/h3,5-39,41-44H,1,4,40H2,2H3/b59-42-,78-46?. The smallest absolute Gasteiger partial charge is 0.111 e. The first kappa shape index (κ1) is 46.5. The normalized spacial score (nSPS) is 16.1. The van der Waals surface area contributed by atoms with Crippen molar-refractivity contribution in [3.8, 4) is 17.1 Å². The van der Waals surface area contributed by atoms with Gasteiger partial charge in [0.2, 0.25) is 0 Å². The third kappa shape index (κ3) is 6.14. The van der Waals surface area contributed by atoms with Crippen molar-refractivity contribution in [3.63, 3.8) is 0 Å². The van der Waals surface area contributed by atoms with Crippen LogP contribution in [0.2, 0.25) is 0 Å². The highest BCUT2D eigenvalue weighted by atomic mass is 32.1. The Morgan fingerprint density at radius 1 is 0.512 bits per heavy atom. The second kappa shape index (κ2) is 17.0. The molecular weight excluding hydrogens is 1060 g/mol. The molecule has 9 aromatic carbocycles. The van der Waals surface area contributed by atoms with Crippen LogP contribution in [0.15, 0.2) is 230 Å². The number of nitrogens with zero attached hydrogens (tertiary/aromatic N) is 5. The molecule has 0 amide bonds. The molecule has 0 N–H and O–H groups in total. The lowest BCUT2D eigenvalue weighted by atomic mass is 9.71. The number of allylic oxidation sites excluding steroid dienone is 6. The molecule has 0 saturated heterocycles. The fourth-order valence-electron chi connectivity index (χ4n) is 15.2. The average molecular weight is 1110 g/mol. The summed E-state index contributed by atoms with van der Waals surface area (Å²) in [6.45, 7) is 7.02. The van der Waals surface area contributed by atoms with Crippen LogP contribution in [-0.4, -0.2) is 24.1 Å². The number of aromatic nitrogens is 4. The molecule has 1 aliphatic heterocycles. The Morgan fingerprint density at radius 2 is 1.20 bits per heavy atom. The van der Waals surface area contributed by atoms with Gasteiger partial charge in [0.15, 0.2) is 0 Å². The minimum Gasteiger partial charge on any atom is -0.309 e. The van der Waals surface area contributed by atoms with Gasteiger partial charge in [-0.05, 0) is 128 Å². The molecular formula is C77H49N5S2. The second-order valence-electron chi connectivity index (χ2n) is 23.0. The third-order valence-corrected chi connectivity index (χ3v) is 20.9. The Kier molecular flexibility index (Phi) is 9.43. The lowest BCUT2D eigenvalue weighted by Crippen LogP contribution is -2.31. The van der Waals surface area contributed by atoms with Crippen LogP contribution in [0, 0.1) is 0 Å². The Labute approximate surface area is 491 Å². The first-order valence-corrected chi connectivity index (χ1v) is 30.6. The first-order valence-electron chi connectivity index (χ1n) is 29.0. The second-order valence-corrected chi connectivity index (χ2v) is 25.2. The van der Waals surface area contributed by atoms with E-state index in [0.29, 0.717) is 0 Å². The highest BCUT2D eigenvalue weighted by Gasteiger charge is 2.49.